The third-order valence-corrected chi connectivity index (χ3v) is 7.05. The van der Waals surface area contributed by atoms with Crippen LogP contribution in [-0.4, -0.2) is 25.0 Å². The summed E-state index contributed by atoms with van der Waals surface area (Å²) in [6.45, 7) is 0.175. The number of rotatable bonds is 6. The maximum absolute atomic E-state index is 13.1. The molecule has 1 heterocycles. The summed E-state index contributed by atoms with van der Waals surface area (Å²) in [5, 5.41) is 3.21. The molecule has 0 unspecified atom stereocenters. The minimum Gasteiger partial charge on any atom is -0.493 e. The van der Waals surface area contributed by atoms with Crippen molar-refractivity contribution >= 4 is 91.3 Å². The van der Waals surface area contributed by atoms with Gasteiger partial charge in [0, 0.05) is 20.1 Å². The van der Waals surface area contributed by atoms with Crippen molar-refractivity contribution in [2.24, 2.45) is 0 Å². The molecule has 0 aliphatic carbocycles. The fourth-order valence-corrected chi connectivity index (χ4v) is 4.91. The van der Waals surface area contributed by atoms with E-state index in [1.807, 2.05) is 0 Å². The Morgan fingerprint density at radius 2 is 1.78 bits per heavy atom. The molecule has 1 saturated heterocycles. The quantitative estimate of drug-likeness (QED) is 0.178. The minimum atomic E-state index is -0.818. The highest BCUT2D eigenvalue weighted by atomic mass is 127. The Morgan fingerprint density at radius 3 is 2.44 bits per heavy atom. The number of hydrogen-bond acceptors (Lipinski definition) is 5. The number of hydrogen-bond donors (Lipinski definition) is 1. The van der Waals surface area contributed by atoms with E-state index in [2.05, 4.69) is 43.8 Å². The average molecular weight is 702 g/mol. The van der Waals surface area contributed by atoms with Gasteiger partial charge in [0.1, 0.15) is 12.2 Å². The number of carbonyl (C=O) groups is 3. The summed E-state index contributed by atoms with van der Waals surface area (Å²) in [6.07, 6.45) is 1.40. The molecule has 1 fully saturated rings. The number of nitrogens with zero attached hydrogens (tertiary/aromatic N) is 1. The molecule has 36 heavy (non-hydrogen) atoms. The van der Waals surface area contributed by atoms with Crippen LogP contribution in [0, 0.1) is 3.57 Å². The molecule has 0 bridgehead atoms. The molecule has 3 aromatic carbocycles. The van der Waals surface area contributed by atoms with Gasteiger partial charge in [-0.1, -0.05) is 45.2 Å². The number of urea groups is 1. The van der Waals surface area contributed by atoms with E-state index in [1.165, 1.54) is 13.2 Å². The average Bonchev–Trinajstić information content (AvgIpc) is 2.83. The van der Waals surface area contributed by atoms with Crippen LogP contribution in [0.1, 0.15) is 11.1 Å². The van der Waals surface area contributed by atoms with Crippen molar-refractivity contribution in [2.75, 3.05) is 12.0 Å². The second-order valence-corrected chi connectivity index (χ2v) is 10.4. The summed E-state index contributed by atoms with van der Waals surface area (Å²) in [7, 11) is 1.48. The van der Waals surface area contributed by atoms with Crippen LogP contribution in [0.3, 0.4) is 0 Å². The lowest BCUT2D eigenvalue weighted by atomic mass is 10.1. The number of anilines is 1. The Balaban J connectivity index is 1.64. The number of barbiturate groups is 1. The van der Waals surface area contributed by atoms with Gasteiger partial charge in [0.15, 0.2) is 11.5 Å². The first-order valence-electron chi connectivity index (χ1n) is 10.3. The molecule has 1 aliphatic heterocycles. The molecule has 0 spiro atoms. The number of amides is 4. The Labute approximate surface area is 238 Å². The lowest BCUT2D eigenvalue weighted by Crippen LogP contribution is -2.54. The number of ether oxygens (including phenoxy) is 2. The Kier molecular flexibility index (Phi) is 8.23. The predicted octanol–water partition coefficient (Wildman–Crippen LogP) is 6.61. The minimum absolute atomic E-state index is 0.175. The predicted molar refractivity (Wildman–Crippen MR) is 150 cm³/mol. The van der Waals surface area contributed by atoms with E-state index in [0.29, 0.717) is 36.4 Å². The van der Waals surface area contributed by atoms with Crippen molar-refractivity contribution in [3.63, 3.8) is 0 Å². The molecule has 4 amide bonds. The van der Waals surface area contributed by atoms with E-state index in [4.69, 9.17) is 32.7 Å². The second kappa shape index (κ2) is 11.2. The Bertz CT molecular complexity index is 1410. The summed E-state index contributed by atoms with van der Waals surface area (Å²) >= 11 is 17.6. The first-order chi connectivity index (χ1) is 17.2. The highest BCUT2D eigenvalue weighted by Gasteiger charge is 2.36. The lowest BCUT2D eigenvalue weighted by molar-refractivity contribution is -0.122. The number of imide groups is 2. The molecule has 7 nitrogen and oxygen atoms in total. The second-order valence-electron chi connectivity index (χ2n) is 7.49. The van der Waals surface area contributed by atoms with Gasteiger partial charge in [-0.05, 0) is 82.8 Å². The smallest absolute Gasteiger partial charge is 0.335 e. The maximum atomic E-state index is 13.1. The Morgan fingerprint density at radius 1 is 1.06 bits per heavy atom. The van der Waals surface area contributed by atoms with Crippen LogP contribution in [0.5, 0.6) is 11.5 Å². The maximum Gasteiger partial charge on any atom is 0.335 e. The van der Waals surface area contributed by atoms with E-state index in [0.717, 1.165) is 14.9 Å². The van der Waals surface area contributed by atoms with Crippen molar-refractivity contribution in [3.05, 3.63) is 89.4 Å². The third-order valence-electron chi connectivity index (χ3n) is 5.14. The van der Waals surface area contributed by atoms with Crippen LogP contribution in [-0.2, 0) is 16.2 Å². The summed E-state index contributed by atoms with van der Waals surface area (Å²) in [4.78, 5) is 39.0. The van der Waals surface area contributed by atoms with Gasteiger partial charge in [0.2, 0.25) is 0 Å². The zero-order chi connectivity index (χ0) is 26.0. The standard InChI is InChI=1S/C25H16BrCl2IN2O5/c1-35-21-10-13(9-20(29)22(21)36-12-14-2-5-16(27)11-19(14)28)8-18-23(32)30-25(34)31(24(18)33)17-6-3-15(26)4-7-17/h2-11H,12H2,1H3,(H,30,32,34)/b18-8-. The van der Waals surface area contributed by atoms with E-state index >= 15 is 0 Å². The monoisotopic (exact) mass is 700 g/mol. The van der Waals surface area contributed by atoms with Gasteiger partial charge in [0.25, 0.3) is 11.8 Å². The van der Waals surface area contributed by atoms with E-state index in [1.54, 1.807) is 54.6 Å². The number of nitrogens with one attached hydrogen (secondary N) is 1. The highest BCUT2D eigenvalue weighted by Crippen LogP contribution is 2.36. The van der Waals surface area contributed by atoms with Gasteiger partial charge in [-0.15, -0.1) is 0 Å². The lowest BCUT2D eigenvalue weighted by Gasteiger charge is -2.26. The molecule has 1 aliphatic rings. The summed E-state index contributed by atoms with van der Waals surface area (Å²) < 4.78 is 12.9. The third kappa shape index (κ3) is 5.69. The molecule has 11 heteroatoms. The van der Waals surface area contributed by atoms with E-state index in [9.17, 15) is 14.4 Å². The summed E-state index contributed by atoms with van der Waals surface area (Å²) in [5.74, 6) is -0.663. The highest BCUT2D eigenvalue weighted by molar-refractivity contribution is 14.1. The van der Waals surface area contributed by atoms with E-state index in [-0.39, 0.29) is 12.2 Å². The molecule has 0 atom stereocenters. The molecule has 0 saturated carbocycles. The van der Waals surface area contributed by atoms with Crippen LogP contribution in [0.15, 0.2) is 64.6 Å². The van der Waals surface area contributed by atoms with Gasteiger partial charge in [0.05, 0.1) is 16.4 Å². The molecular formula is C25H16BrCl2IN2O5. The van der Waals surface area contributed by atoms with Crippen molar-refractivity contribution in [1.82, 2.24) is 5.32 Å². The number of halogens is 4. The molecule has 3 aromatic rings. The van der Waals surface area contributed by atoms with Crippen LogP contribution in [0.4, 0.5) is 10.5 Å². The first kappa shape index (κ1) is 26.5. The van der Waals surface area contributed by atoms with Gasteiger partial charge in [-0.2, -0.15) is 0 Å². The Hall–Kier alpha value is -2.60. The molecule has 184 valence electrons. The molecule has 0 aromatic heterocycles. The van der Waals surface area contributed by atoms with Crippen LogP contribution in [0.25, 0.3) is 6.08 Å². The van der Waals surface area contributed by atoms with Gasteiger partial charge < -0.3 is 9.47 Å². The zero-order valence-corrected chi connectivity index (χ0v) is 23.7. The topological polar surface area (TPSA) is 84.9 Å². The molecule has 1 N–H and O–H groups in total. The van der Waals surface area contributed by atoms with Crippen molar-refractivity contribution in [2.45, 2.75) is 6.61 Å². The van der Waals surface area contributed by atoms with Crippen molar-refractivity contribution in [3.8, 4) is 11.5 Å². The SMILES string of the molecule is COc1cc(/C=C2/C(=O)NC(=O)N(c3ccc(Br)cc3)C2=O)cc(I)c1OCc1ccc(Cl)cc1Cl. The number of benzene rings is 3. The molecule has 4 rings (SSSR count). The number of methoxy groups -OCH3 is 1. The fourth-order valence-electron chi connectivity index (χ4n) is 3.40. The van der Waals surface area contributed by atoms with Crippen LogP contribution >= 0.6 is 61.7 Å². The summed E-state index contributed by atoms with van der Waals surface area (Å²) in [5.41, 5.74) is 1.39. The van der Waals surface area contributed by atoms with Crippen LogP contribution < -0.4 is 19.7 Å². The number of carbonyl (C=O) groups excluding carboxylic acids is 3. The van der Waals surface area contributed by atoms with Crippen molar-refractivity contribution in [1.29, 1.82) is 0 Å². The zero-order valence-electron chi connectivity index (χ0n) is 18.5. The largest absolute Gasteiger partial charge is 0.493 e. The first-order valence-corrected chi connectivity index (χ1v) is 12.9. The fraction of sp³-hybridized carbons (Fsp3) is 0.0800. The summed E-state index contributed by atoms with van der Waals surface area (Å²) in [6, 6.07) is 14.3. The van der Waals surface area contributed by atoms with Crippen molar-refractivity contribution < 1.29 is 23.9 Å². The van der Waals surface area contributed by atoms with Gasteiger partial charge in [-0.25, -0.2) is 9.69 Å². The van der Waals surface area contributed by atoms with Gasteiger partial charge >= 0.3 is 6.03 Å². The van der Waals surface area contributed by atoms with Crippen LogP contribution in [0.2, 0.25) is 10.0 Å². The van der Waals surface area contributed by atoms with E-state index < -0.39 is 17.8 Å². The normalized spacial score (nSPS) is 14.8. The van der Waals surface area contributed by atoms with Gasteiger partial charge in [-0.3, -0.25) is 14.9 Å². The molecule has 0 radical (unpaired) electrons. The molecular weight excluding hydrogens is 686 g/mol.